The van der Waals surface area contributed by atoms with Gasteiger partial charge in [-0.25, -0.2) is 4.39 Å². The molecule has 0 N–H and O–H groups in total. The van der Waals surface area contributed by atoms with E-state index >= 15 is 0 Å². The van der Waals surface area contributed by atoms with Gasteiger partial charge in [0.25, 0.3) is 0 Å². The largest absolute Gasteiger partial charge is 0.416 e. The third-order valence-corrected chi connectivity index (χ3v) is 4.02. The number of halogens is 6. The second kappa shape index (κ2) is 6.36. The molecule has 0 bridgehead atoms. The van der Waals surface area contributed by atoms with Crippen molar-refractivity contribution >= 4 is 27.5 Å². The lowest BCUT2D eigenvalue weighted by Gasteiger charge is -2.14. The normalized spacial score (nSPS) is 13.2. The Balaban J connectivity index is 2.28. The van der Waals surface area contributed by atoms with Gasteiger partial charge < -0.3 is 0 Å². The number of alkyl halides is 4. The van der Waals surface area contributed by atoms with E-state index in [2.05, 4.69) is 15.9 Å². The van der Waals surface area contributed by atoms with E-state index in [-0.39, 0.29) is 5.56 Å². The molecule has 1 atom stereocenters. The van der Waals surface area contributed by atoms with E-state index in [1.807, 2.05) is 0 Å². The Hall–Kier alpha value is -1.07. The van der Waals surface area contributed by atoms with Crippen LogP contribution in [0.5, 0.6) is 0 Å². The fourth-order valence-electron chi connectivity index (χ4n) is 1.94. The van der Waals surface area contributed by atoms with Crippen molar-refractivity contribution in [1.29, 1.82) is 0 Å². The topological polar surface area (TPSA) is 0 Å². The van der Waals surface area contributed by atoms with Crippen molar-refractivity contribution in [3.63, 3.8) is 0 Å². The van der Waals surface area contributed by atoms with Crippen LogP contribution >= 0.6 is 27.5 Å². The maximum atomic E-state index is 13.8. The third-order valence-electron chi connectivity index (χ3n) is 2.96. The van der Waals surface area contributed by atoms with Crippen LogP contribution in [0.15, 0.2) is 42.5 Å². The molecule has 0 spiro atoms. The first-order valence-corrected chi connectivity index (χ1v) is 7.32. The molecule has 0 aromatic heterocycles. The van der Waals surface area contributed by atoms with Gasteiger partial charge >= 0.3 is 6.18 Å². The number of hydrogen-bond acceptors (Lipinski definition) is 0. The molecule has 1 unspecified atom stereocenters. The highest BCUT2D eigenvalue weighted by Gasteiger charge is 2.31. The van der Waals surface area contributed by atoms with Crippen molar-refractivity contribution in [1.82, 2.24) is 0 Å². The summed E-state index contributed by atoms with van der Waals surface area (Å²) in [4.78, 5) is -0.571. The molecule has 0 aliphatic carbocycles. The van der Waals surface area contributed by atoms with Gasteiger partial charge in [-0.2, -0.15) is 13.2 Å². The van der Waals surface area contributed by atoms with Crippen LogP contribution in [0.3, 0.4) is 0 Å². The molecule has 112 valence electrons. The molecule has 0 saturated carbocycles. The zero-order valence-corrected chi connectivity index (χ0v) is 12.9. The molecule has 6 heteroatoms. The Labute approximate surface area is 132 Å². The fourth-order valence-corrected chi connectivity index (χ4v) is 2.88. The van der Waals surface area contributed by atoms with Crippen molar-refractivity contribution in [3.8, 4) is 0 Å². The van der Waals surface area contributed by atoms with Gasteiger partial charge in [-0.15, -0.1) is 0 Å². The highest BCUT2D eigenvalue weighted by atomic mass is 79.9. The zero-order chi connectivity index (χ0) is 15.6. The SMILES string of the molecule is Fc1ccc(C(F)(F)F)cc1C(Br)Cc1cccc(Cl)c1. The van der Waals surface area contributed by atoms with Crippen LogP contribution in [-0.4, -0.2) is 0 Å². The first-order valence-electron chi connectivity index (χ1n) is 6.02. The highest BCUT2D eigenvalue weighted by Crippen LogP contribution is 2.35. The number of rotatable bonds is 3. The molecular formula is C15H10BrClF4. The predicted molar refractivity (Wildman–Crippen MR) is 78.2 cm³/mol. The lowest BCUT2D eigenvalue weighted by atomic mass is 10.0. The Kier molecular flexibility index (Phi) is 4.94. The average Bonchev–Trinajstić information content (AvgIpc) is 2.37. The molecule has 2 rings (SSSR count). The summed E-state index contributed by atoms with van der Waals surface area (Å²) in [6.45, 7) is 0. The molecule has 0 radical (unpaired) electrons. The minimum atomic E-state index is -4.49. The maximum absolute atomic E-state index is 13.8. The summed E-state index contributed by atoms with van der Waals surface area (Å²) in [5, 5.41) is 0.525. The molecule has 0 heterocycles. The molecule has 0 nitrogen and oxygen atoms in total. The summed E-state index contributed by atoms with van der Waals surface area (Å²) in [5.74, 6) is -0.674. The highest BCUT2D eigenvalue weighted by molar-refractivity contribution is 9.09. The van der Waals surface area contributed by atoms with Crippen molar-refractivity contribution in [2.45, 2.75) is 17.4 Å². The van der Waals surface area contributed by atoms with Crippen LogP contribution in [0.2, 0.25) is 5.02 Å². The van der Waals surface area contributed by atoms with Crippen molar-refractivity contribution in [2.75, 3.05) is 0 Å². The molecule has 2 aromatic rings. The van der Waals surface area contributed by atoms with E-state index in [0.717, 1.165) is 23.8 Å². The molecule has 2 aromatic carbocycles. The summed E-state index contributed by atoms with van der Waals surface area (Å²) in [5.41, 5.74) is -0.0829. The van der Waals surface area contributed by atoms with Crippen molar-refractivity contribution in [3.05, 3.63) is 70.0 Å². The first kappa shape index (κ1) is 16.3. The summed E-state index contributed by atoms with van der Waals surface area (Å²) < 4.78 is 51.8. The van der Waals surface area contributed by atoms with E-state index in [1.165, 1.54) is 0 Å². The minimum absolute atomic E-state index is 0.0233. The smallest absolute Gasteiger partial charge is 0.207 e. The second-order valence-electron chi connectivity index (χ2n) is 4.54. The summed E-state index contributed by atoms with van der Waals surface area (Å²) in [7, 11) is 0. The standard InChI is InChI=1S/C15H10BrClF4/c16-13(7-9-2-1-3-11(17)6-9)12-8-10(15(19,20)21)4-5-14(12)18/h1-6,8,13H,7H2. The van der Waals surface area contributed by atoms with Crippen LogP contribution in [0.4, 0.5) is 17.6 Å². The molecule has 0 saturated heterocycles. The van der Waals surface area contributed by atoms with Crippen LogP contribution in [-0.2, 0) is 12.6 Å². The van der Waals surface area contributed by atoms with Crippen molar-refractivity contribution in [2.24, 2.45) is 0 Å². The third kappa shape index (κ3) is 4.20. The minimum Gasteiger partial charge on any atom is -0.207 e. The van der Waals surface area contributed by atoms with Gasteiger partial charge in [0.2, 0.25) is 0 Å². The Morgan fingerprint density at radius 1 is 1.10 bits per heavy atom. The van der Waals surface area contributed by atoms with Gasteiger partial charge in [0.05, 0.1) is 5.56 Å². The maximum Gasteiger partial charge on any atom is 0.416 e. The Morgan fingerprint density at radius 3 is 2.43 bits per heavy atom. The number of hydrogen-bond donors (Lipinski definition) is 0. The predicted octanol–water partition coefficient (Wildman–Crippen LogP) is 6.18. The first-order chi connectivity index (χ1) is 9.77. The quantitative estimate of drug-likeness (QED) is 0.440. The van der Waals surface area contributed by atoms with Gasteiger partial charge in [0.1, 0.15) is 5.82 Å². The van der Waals surface area contributed by atoms with E-state index in [9.17, 15) is 17.6 Å². The van der Waals surface area contributed by atoms with Crippen LogP contribution in [0, 0.1) is 5.82 Å². The summed E-state index contributed by atoms with van der Waals surface area (Å²) in [6, 6.07) is 9.31. The lowest BCUT2D eigenvalue weighted by molar-refractivity contribution is -0.137. The van der Waals surface area contributed by atoms with Crippen LogP contribution in [0.1, 0.15) is 21.5 Å². The molecule has 0 aliphatic heterocycles. The van der Waals surface area contributed by atoms with Crippen molar-refractivity contribution < 1.29 is 17.6 Å². The van der Waals surface area contributed by atoms with Crippen LogP contribution < -0.4 is 0 Å². The van der Waals surface area contributed by atoms with Gasteiger partial charge in [0, 0.05) is 15.4 Å². The molecular weight excluding hydrogens is 372 g/mol. The summed E-state index contributed by atoms with van der Waals surface area (Å²) >= 11 is 9.10. The second-order valence-corrected chi connectivity index (χ2v) is 6.08. The molecule has 0 aliphatic rings. The van der Waals surface area contributed by atoms with Gasteiger partial charge in [-0.3, -0.25) is 0 Å². The van der Waals surface area contributed by atoms with E-state index in [1.54, 1.807) is 24.3 Å². The van der Waals surface area contributed by atoms with Gasteiger partial charge in [-0.05, 0) is 42.3 Å². The molecule has 0 amide bonds. The van der Waals surface area contributed by atoms with E-state index < -0.39 is 22.4 Å². The monoisotopic (exact) mass is 380 g/mol. The molecule has 21 heavy (non-hydrogen) atoms. The lowest BCUT2D eigenvalue weighted by Crippen LogP contribution is -2.08. The number of benzene rings is 2. The summed E-state index contributed by atoms with van der Waals surface area (Å²) in [6.07, 6.45) is -4.16. The van der Waals surface area contributed by atoms with E-state index in [4.69, 9.17) is 11.6 Å². The van der Waals surface area contributed by atoms with Gasteiger partial charge in [-0.1, -0.05) is 39.7 Å². The Morgan fingerprint density at radius 2 is 1.81 bits per heavy atom. The Bertz CT molecular complexity index is 640. The van der Waals surface area contributed by atoms with E-state index in [0.29, 0.717) is 11.4 Å². The van der Waals surface area contributed by atoms with Crippen LogP contribution in [0.25, 0.3) is 0 Å². The fraction of sp³-hybridized carbons (Fsp3) is 0.200. The van der Waals surface area contributed by atoms with Gasteiger partial charge in [0.15, 0.2) is 0 Å². The zero-order valence-electron chi connectivity index (χ0n) is 10.6. The average molecular weight is 382 g/mol. The molecule has 0 fully saturated rings.